The standard InChI is InChI=1S/C12H20ClN/c1-4-5-8-14(3)12(10(2)13)9-11-6-7-11/h4-5,11H,6-9H2,1-3H3/b5-4+,12-10+. The van der Waals surface area contributed by atoms with E-state index in [2.05, 4.69) is 24.1 Å². The lowest BCUT2D eigenvalue weighted by Gasteiger charge is -2.22. The van der Waals surface area contributed by atoms with Crippen LogP contribution in [0.2, 0.25) is 0 Å². The van der Waals surface area contributed by atoms with Crippen LogP contribution in [0.4, 0.5) is 0 Å². The van der Waals surface area contributed by atoms with Crippen LogP contribution in [0.25, 0.3) is 0 Å². The van der Waals surface area contributed by atoms with Crippen LogP contribution in [0, 0.1) is 5.92 Å². The molecule has 1 nitrogen and oxygen atoms in total. The van der Waals surface area contributed by atoms with Gasteiger partial charge in [0.05, 0.1) is 0 Å². The fraction of sp³-hybridized carbons (Fsp3) is 0.667. The first-order valence-corrected chi connectivity index (χ1v) is 5.70. The second kappa shape index (κ2) is 5.45. The summed E-state index contributed by atoms with van der Waals surface area (Å²) in [6.07, 6.45) is 8.15. The predicted molar refractivity (Wildman–Crippen MR) is 63.3 cm³/mol. The van der Waals surface area contributed by atoms with Crippen LogP contribution in [0.1, 0.15) is 33.1 Å². The molecule has 0 aromatic carbocycles. The molecule has 1 aliphatic rings. The lowest BCUT2D eigenvalue weighted by Crippen LogP contribution is -2.19. The lowest BCUT2D eigenvalue weighted by atomic mass is 10.2. The summed E-state index contributed by atoms with van der Waals surface area (Å²) in [7, 11) is 2.11. The SMILES string of the molecule is C/C=C/CN(C)/C(CC1CC1)=C(\C)Cl. The summed E-state index contributed by atoms with van der Waals surface area (Å²) in [4.78, 5) is 2.25. The molecule has 0 radical (unpaired) electrons. The minimum Gasteiger partial charge on any atom is -0.373 e. The number of halogens is 1. The van der Waals surface area contributed by atoms with Crippen LogP contribution in [0.15, 0.2) is 22.9 Å². The van der Waals surface area contributed by atoms with Crippen LogP contribution in [-0.2, 0) is 0 Å². The molecule has 1 aliphatic carbocycles. The summed E-state index contributed by atoms with van der Waals surface area (Å²) < 4.78 is 0. The third kappa shape index (κ3) is 3.75. The maximum atomic E-state index is 6.10. The highest BCUT2D eigenvalue weighted by Crippen LogP contribution is 2.37. The summed E-state index contributed by atoms with van der Waals surface area (Å²) in [6, 6.07) is 0. The summed E-state index contributed by atoms with van der Waals surface area (Å²) in [5.74, 6) is 0.895. The third-order valence-electron chi connectivity index (χ3n) is 2.65. The Morgan fingerprint density at radius 1 is 1.50 bits per heavy atom. The van der Waals surface area contributed by atoms with Crippen molar-refractivity contribution in [3.8, 4) is 0 Å². The van der Waals surface area contributed by atoms with Crippen molar-refractivity contribution in [2.45, 2.75) is 33.1 Å². The molecule has 0 aromatic rings. The van der Waals surface area contributed by atoms with Crippen molar-refractivity contribution < 1.29 is 0 Å². The number of rotatable bonds is 5. The highest BCUT2D eigenvalue weighted by atomic mass is 35.5. The van der Waals surface area contributed by atoms with Crippen molar-refractivity contribution >= 4 is 11.6 Å². The minimum atomic E-state index is 0.895. The Hall–Kier alpha value is -0.430. The lowest BCUT2D eigenvalue weighted by molar-refractivity contribution is 0.432. The smallest absolute Gasteiger partial charge is 0.0353 e. The van der Waals surface area contributed by atoms with Crippen LogP contribution >= 0.6 is 11.6 Å². The van der Waals surface area contributed by atoms with E-state index in [0.717, 1.165) is 23.9 Å². The molecule has 1 saturated carbocycles. The maximum absolute atomic E-state index is 6.10. The molecule has 0 amide bonds. The van der Waals surface area contributed by atoms with E-state index in [1.54, 1.807) is 0 Å². The number of likely N-dealkylation sites (N-methyl/N-ethyl adjacent to an activating group) is 1. The Bertz CT molecular complexity index is 235. The van der Waals surface area contributed by atoms with E-state index in [-0.39, 0.29) is 0 Å². The van der Waals surface area contributed by atoms with Gasteiger partial charge in [-0.25, -0.2) is 0 Å². The number of hydrogen-bond acceptors (Lipinski definition) is 1. The quantitative estimate of drug-likeness (QED) is 0.629. The van der Waals surface area contributed by atoms with Gasteiger partial charge in [-0.05, 0) is 39.0 Å². The summed E-state index contributed by atoms with van der Waals surface area (Å²) >= 11 is 6.10. The van der Waals surface area contributed by atoms with Crippen molar-refractivity contribution in [3.05, 3.63) is 22.9 Å². The minimum absolute atomic E-state index is 0.895. The van der Waals surface area contributed by atoms with E-state index in [1.807, 2.05) is 13.8 Å². The van der Waals surface area contributed by atoms with Gasteiger partial charge in [0.25, 0.3) is 0 Å². The van der Waals surface area contributed by atoms with Gasteiger partial charge in [-0.1, -0.05) is 23.8 Å². The third-order valence-corrected chi connectivity index (χ3v) is 2.87. The van der Waals surface area contributed by atoms with E-state index in [0.29, 0.717) is 0 Å². The molecule has 0 aromatic heterocycles. The Labute approximate surface area is 92.4 Å². The first-order chi connectivity index (χ1) is 6.65. The van der Waals surface area contributed by atoms with E-state index >= 15 is 0 Å². The van der Waals surface area contributed by atoms with E-state index < -0.39 is 0 Å². The van der Waals surface area contributed by atoms with Gasteiger partial charge in [0, 0.05) is 24.3 Å². The molecule has 14 heavy (non-hydrogen) atoms. The predicted octanol–water partition coefficient (Wildman–Crippen LogP) is 3.76. The van der Waals surface area contributed by atoms with Gasteiger partial charge in [0.1, 0.15) is 0 Å². The fourth-order valence-electron chi connectivity index (χ4n) is 1.53. The zero-order chi connectivity index (χ0) is 10.6. The molecule has 1 fully saturated rings. The molecule has 0 heterocycles. The first-order valence-electron chi connectivity index (χ1n) is 5.32. The van der Waals surface area contributed by atoms with Crippen molar-refractivity contribution in [1.82, 2.24) is 4.90 Å². The molecule has 0 spiro atoms. The molecule has 0 atom stereocenters. The van der Waals surface area contributed by atoms with Gasteiger partial charge in [0.15, 0.2) is 0 Å². The highest BCUT2D eigenvalue weighted by Gasteiger charge is 2.24. The van der Waals surface area contributed by atoms with Crippen molar-refractivity contribution in [2.24, 2.45) is 5.92 Å². The Morgan fingerprint density at radius 3 is 2.57 bits per heavy atom. The molecule has 0 bridgehead atoms. The second-order valence-electron chi connectivity index (χ2n) is 4.08. The normalized spacial score (nSPS) is 18.6. The first kappa shape index (κ1) is 11.6. The topological polar surface area (TPSA) is 3.24 Å². The average Bonchev–Trinajstić information content (AvgIpc) is 2.93. The monoisotopic (exact) mass is 213 g/mol. The van der Waals surface area contributed by atoms with Gasteiger partial charge >= 0.3 is 0 Å². The fourth-order valence-corrected chi connectivity index (χ4v) is 1.75. The maximum Gasteiger partial charge on any atom is 0.0353 e. The molecule has 1 rings (SSSR count). The Morgan fingerprint density at radius 2 is 2.14 bits per heavy atom. The Balaban J connectivity index is 2.52. The average molecular weight is 214 g/mol. The highest BCUT2D eigenvalue weighted by molar-refractivity contribution is 6.29. The van der Waals surface area contributed by atoms with Gasteiger partial charge in [0.2, 0.25) is 0 Å². The van der Waals surface area contributed by atoms with Crippen molar-refractivity contribution in [3.63, 3.8) is 0 Å². The molecular formula is C12H20ClN. The summed E-state index contributed by atoms with van der Waals surface area (Å²) in [5.41, 5.74) is 1.31. The van der Waals surface area contributed by atoms with Gasteiger partial charge in [-0.3, -0.25) is 0 Å². The van der Waals surface area contributed by atoms with Crippen LogP contribution in [0.3, 0.4) is 0 Å². The van der Waals surface area contributed by atoms with Crippen molar-refractivity contribution in [2.75, 3.05) is 13.6 Å². The largest absolute Gasteiger partial charge is 0.373 e. The van der Waals surface area contributed by atoms with Gasteiger partial charge in [-0.2, -0.15) is 0 Å². The van der Waals surface area contributed by atoms with Crippen LogP contribution in [0.5, 0.6) is 0 Å². The molecule has 0 aliphatic heterocycles. The van der Waals surface area contributed by atoms with E-state index in [1.165, 1.54) is 18.5 Å². The molecule has 2 heteroatoms. The van der Waals surface area contributed by atoms with Crippen LogP contribution < -0.4 is 0 Å². The number of nitrogens with zero attached hydrogens (tertiary/aromatic N) is 1. The Kier molecular flexibility index (Phi) is 4.53. The molecule has 0 saturated heterocycles. The number of allylic oxidation sites excluding steroid dienone is 3. The zero-order valence-electron chi connectivity index (χ0n) is 9.39. The second-order valence-corrected chi connectivity index (χ2v) is 4.64. The van der Waals surface area contributed by atoms with Crippen molar-refractivity contribution in [1.29, 1.82) is 0 Å². The molecule has 0 N–H and O–H groups in total. The van der Waals surface area contributed by atoms with Gasteiger partial charge in [-0.15, -0.1) is 0 Å². The van der Waals surface area contributed by atoms with Crippen LogP contribution in [-0.4, -0.2) is 18.5 Å². The van der Waals surface area contributed by atoms with E-state index in [9.17, 15) is 0 Å². The number of hydrogen-bond donors (Lipinski definition) is 0. The van der Waals surface area contributed by atoms with E-state index in [4.69, 9.17) is 11.6 Å². The molecule has 0 unspecified atom stereocenters. The molecular weight excluding hydrogens is 194 g/mol. The summed E-state index contributed by atoms with van der Waals surface area (Å²) in [5, 5.41) is 0.948. The molecule has 80 valence electrons. The zero-order valence-corrected chi connectivity index (χ0v) is 10.1. The summed E-state index contributed by atoms with van der Waals surface area (Å²) in [6.45, 7) is 5.00. The van der Waals surface area contributed by atoms with Gasteiger partial charge < -0.3 is 4.90 Å².